The molecule has 0 aliphatic carbocycles. The molecule has 0 aliphatic heterocycles. The number of nitrogen functional groups attached to an aromatic ring is 1. The molecule has 60 valence electrons. The molecule has 0 amide bonds. The van der Waals surface area contributed by atoms with E-state index in [-0.39, 0.29) is 5.78 Å². The maximum absolute atomic E-state index is 11.0. The molecule has 0 heterocycles. The Balaban J connectivity index is 3.32. The Morgan fingerprint density at radius 3 is 2.75 bits per heavy atom. The van der Waals surface area contributed by atoms with Crippen molar-refractivity contribution in [1.82, 2.24) is 0 Å². The molecule has 2 N–H and O–H groups in total. The van der Waals surface area contributed by atoms with Gasteiger partial charge in [-0.05, 0) is 19.1 Å². The molecular weight excluding hydrogens is 152 g/mol. The van der Waals surface area contributed by atoms with E-state index in [9.17, 15) is 4.79 Å². The van der Waals surface area contributed by atoms with Crippen LogP contribution in [0.1, 0.15) is 17.3 Å². The number of Topliss-reactive ketones (excluding diaryl/α,β-unsaturated/α-hetero) is 1. The highest BCUT2D eigenvalue weighted by molar-refractivity contribution is 6.00. The number of ketones is 1. The Kier molecular flexibility index (Phi) is 2.11. The third kappa shape index (κ3) is 1.43. The number of carbonyl (C=O) groups excluding carboxylic acids is 1. The van der Waals surface area contributed by atoms with Gasteiger partial charge in [0, 0.05) is 11.3 Å². The first-order valence-electron chi connectivity index (χ1n) is 3.43. The molecule has 0 unspecified atom stereocenters. The standard InChI is InChI=1S/C9H8N2O/c1-6(12)8-4-3-7(10)5-9(8)11-2/h3-5H,10H2,1H3. The first-order valence-corrected chi connectivity index (χ1v) is 3.43. The van der Waals surface area contributed by atoms with E-state index in [1.54, 1.807) is 12.1 Å². The zero-order valence-corrected chi connectivity index (χ0v) is 6.66. The number of anilines is 1. The van der Waals surface area contributed by atoms with Crippen molar-refractivity contribution in [2.75, 3.05) is 5.73 Å². The number of rotatable bonds is 1. The SMILES string of the molecule is [C-]#[N+]c1cc(N)ccc1C(C)=O. The number of carbonyl (C=O) groups is 1. The molecule has 0 fully saturated rings. The fourth-order valence-corrected chi connectivity index (χ4v) is 0.939. The maximum Gasteiger partial charge on any atom is 0.199 e. The quantitative estimate of drug-likeness (QED) is 0.388. The van der Waals surface area contributed by atoms with Crippen LogP contribution in [0.15, 0.2) is 18.2 Å². The summed E-state index contributed by atoms with van der Waals surface area (Å²) in [5.74, 6) is -0.110. The summed E-state index contributed by atoms with van der Waals surface area (Å²) in [6.45, 7) is 8.22. The van der Waals surface area contributed by atoms with Crippen LogP contribution in [0.4, 0.5) is 11.4 Å². The second-order valence-corrected chi connectivity index (χ2v) is 2.44. The van der Waals surface area contributed by atoms with Crippen molar-refractivity contribution >= 4 is 17.2 Å². The van der Waals surface area contributed by atoms with Gasteiger partial charge in [0.1, 0.15) is 5.78 Å². The van der Waals surface area contributed by atoms with Crippen LogP contribution in [0.2, 0.25) is 0 Å². The van der Waals surface area contributed by atoms with E-state index in [2.05, 4.69) is 4.85 Å². The minimum Gasteiger partial charge on any atom is -0.400 e. The first kappa shape index (κ1) is 8.28. The van der Waals surface area contributed by atoms with Crippen molar-refractivity contribution in [2.45, 2.75) is 6.92 Å². The summed E-state index contributed by atoms with van der Waals surface area (Å²) in [7, 11) is 0. The molecule has 0 saturated heterocycles. The average molecular weight is 160 g/mol. The number of benzene rings is 1. The Morgan fingerprint density at radius 2 is 2.25 bits per heavy atom. The van der Waals surface area contributed by atoms with Crippen LogP contribution in [0, 0.1) is 6.57 Å². The monoisotopic (exact) mass is 160 g/mol. The molecule has 1 rings (SSSR count). The Morgan fingerprint density at radius 1 is 1.58 bits per heavy atom. The van der Waals surface area contributed by atoms with Gasteiger partial charge >= 0.3 is 0 Å². The van der Waals surface area contributed by atoms with Gasteiger partial charge in [-0.1, -0.05) is 6.07 Å². The van der Waals surface area contributed by atoms with Crippen molar-refractivity contribution in [2.24, 2.45) is 0 Å². The molecule has 1 aromatic carbocycles. The highest BCUT2D eigenvalue weighted by Crippen LogP contribution is 2.22. The van der Waals surface area contributed by atoms with Crippen LogP contribution in [0.25, 0.3) is 4.85 Å². The van der Waals surface area contributed by atoms with E-state index in [0.717, 1.165) is 0 Å². The van der Waals surface area contributed by atoms with Gasteiger partial charge in [-0.25, -0.2) is 4.85 Å². The zero-order chi connectivity index (χ0) is 9.14. The van der Waals surface area contributed by atoms with E-state index in [1.807, 2.05) is 0 Å². The largest absolute Gasteiger partial charge is 0.400 e. The molecular formula is C9H8N2O. The lowest BCUT2D eigenvalue weighted by atomic mass is 10.1. The lowest BCUT2D eigenvalue weighted by molar-refractivity contribution is 0.101. The number of hydrogen-bond acceptors (Lipinski definition) is 2. The van der Waals surface area contributed by atoms with Crippen molar-refractivity contribution < 1.29 is 4.79 Å². The van der Waals surface area contributed by atoms with Crippen LogP contribution < -0.4 is 5.73 Å². The molecule has 0 aliphatic rings. The Hall–Kier alpha value is -1.82. The van der Waals surface area contributed by atoms with Crippen molar-refractivity contribution in [3.8, 4) is 0 Å². The van der Waals surface area contributed by atoms with Gasteiger partial charge in [0.25, 0.3) is 0 Å². The summed E-state index contributed by atoms with van der Waals surface area (Å²) in [6, 6.07) is 4.69. The third-order valence-electron chi connectivity index (χ3n) is 1.52. The van der Waals surface area contributed by atoms with Crippen molar-refractivity contribution in [3.63, 3.8) is 0 Å². The van der Waals surface area contributed by atoms with E-state index in [1.165, 1.54) is 13.0 Å². The second kappa shape index (κ2) is 3.05. The topological polar surface area (TPSA) is 47.5 Å². The van der Waals surface area contributed by atoms with Gasteiger partial charge in [0.05, 0.1) is 6.57 Å². The van der Waals surface area contributed by atoms with Crippen molar-refractivity contribution in [3.05, 3.63) is 35.2 Å². The van der Waals surface area contributed by atoms with Gasteiger partial charge in [-0.15, -0.1) is 0 Å². The normalized spacial score (nSPS) is 9.00. The van der Waals surface area contributed by atoms with E-state index in [0.29, 0.717) is 16.9 Å². The summed E-state index contributed by atoms with van der Waals surface area (Å²) in [4.78, 5) is 14.2. The molecule has 3 heteroatoms. The number of hydrogen-bond donors (Lipinski definition) is 1. The molecule has 1 aromatic rings. The predicted molar refractivity (Wildman–Crippen MR) is 47.1 cm³/mol. The highest BCUT2D eigenvalue weighted by Gasteiger charge is 2.05. The minimum absolute atomic E-state index is 0.110. The second-order valence-electron chi connectivity index (χ2n) is 2.44. The van der Waals surface area contributed by atoms with Gasteiger partial charge in [0.2, 0.25) is 0 Å². The minimum atomic E-state index is -0.110. The van der Waals surface area contributed by atoms with E-state index >= 15 is 0 Å². The van der Waals surface area contributed by atoms with Crippen LogP contribution in [0.3, 0.4) is 0 Å². The predicted octanol–water partition coefficient (Wildman–Crippen LogP) is 2.02. The summed E-state index contributed by atoms with van der Waals surface area (Å²) in [5.41, 5.74) is 6.71. The lowest BCUT2D eigenvalue weighted by Crippen LogP contribution is -1.93. The lowest BCUT2D eigenvalue weighted by Gasteiger charge is -1.99. The number of nitrogens with zero attached hydrogens (tertiary/aromatic N) is 1. The summed E-state index contributed by atoms with van der Waals surface area (Å²) >= 11 is 0. The molecule has 0 bridgehead atoms. The summed E-state index contributed by atoms with van der Waals surface area (Å²) < 4.78 is 0. The smallest absolute Gasteiger partial charge is 0.199 e. The Bertz CT molecular complexity index is 363. The Labute approximate surface area is 70.6 Å². The van der Waals surface area contributed by atoms with Crippen LogP contribution in [-0.2, 0) is 0 Å². The van der Waals surface area contributed by atoms with Gasteiger partial charge in [-0.2, -0.15) is 0 Å². The van der Waals surface area contributed by atoms with Crippen LogP contribution >= 0.6 is 0 Å². The third-order valence-corrected chi connectivity index (χ3v) is 1.52. The maximum atomic E-state index is 11.0. The van der Waals surface area contributed by atoms with Gasteiger partial charge in [0.15, 0.2) is 5.69 Å². The molecule has 3 nitrogen and oxygen atoms in total. The molecule has 12 heavy (non-hydrogen) atoms. The van der Waals surface area contributed by atoms with Gasteiger partial charge < -0.3 is 5.73 Å². The fourth-order valence-electron chi connectivity index (χ4n) is 0.939. The molecule has 0 saturated carbocycles. The van der Waals surface area contributed by atoms with E-state index < -0.39 is 0 Å². The summed E-state index contributed by atoms with van der Waals surface area (Å²) in [6.07, 6.45) is 0. The molecule has 0 aromatic heterocycles. The molecule has 0 radical (unpaired) electrons. The van der Waals surface area contributed by atoms with Gasteiger partial charge in [-0.3, -0.25) is 4.79 Å². The number of nitrogens with two attached hydrogens (primary N) is 1. The van der Waals surface area contributed by atoms with Crippen LogP contribution in [0.5, 0.6) is 0 Å². The average Bonchev–Trinajstić information content (AvgIpc) is 2.03. The zero-order valence-electron chi connectivity index (χ0n) is 6.66. The highest BCUT2D eigenvalue weighted by atomic mass is 16.1. The van der Waals surface area contributed by atoms with Crippen LogP contribution in [-0.4, -0.2) is 5.78 Å². The molecule has 0 atom stereocenters. The first-order chi connectivity index (χ1) is 5.65. The van der Waals surface area contributed by atoms with E-state index in [4.69, 9.17) is 12.3 Å². The summed E-state index contributed by atoms with van der Waals surface area (Å²) in [5, 5.41) is 0. The fraction of sp³-hybridized carbons (Fsp3) is 0.111. The van der Waals surface area contributed by atoms with Crippen molar-refractivity contribution in [1.29, 1.82) is 0 Å². The molecule has 0 spiro atoms.